The Kier molecular flexibility index (Phi) is 5.07. The van der Waals surface area contributed by atoms with E-state index in [4.69, 9.17) is 4.74 Å². The van der Waals surface area contributed by atoms with Crippen molar-refractivity contribution in [3.63, 3.8) is 0 Å². The van der Waals surface area contributed by atoms with Gasteiger partial charge < -0.3 is 10.1 Å². The number of nitrogens with one attached hydrogen (secondary N) is 2. The molecule has 2 aromatic carbocycles. The number of carbonyl (C=O) groups excluding carboxylic acids is 1. The van der Waals surface area contributed by atoms with Crippen LogP contribution in [0.2, 0.25) is 0 Å². The molecule has 0 fully saturated rings. The molecule has 0 spiro atoms. The second kappa shape index (κ2) is 7.97. The first-order valence-corrected chi connectivity index (χ1v) is 8.89. The summed E-state index contributed by atoms with van der Waals surface area (Å²) >= 11 is 0. The smallest absolute Gasteiger partial charge is 0.273 e. The van der Waals surface area contributed by atoms with Gasteiger partial charge in [0, 0.05) is 11.8 Å². The number of aromatic amines is 1. The van der Waals surface area contributed by atoms with Gasteiger partial charge in [-0.2, -0.15) is 10.2 Å². The molecule has 8 heteroatoms. The van der Waals surface area contributed by atoms with Crippen molar-refractivity contribution in [1.29, 1.82) is 0 Å². The van der Waals surface area contributed by atoms with E-state index in [1.54, 1.807) is 30.1 Å². The van der Waals surface area contributed by atoms with Gasteiger partial charge in [0.25, 0.3) is 5.91 Å². The summed E-state index contributed by atoms with van der Waals surface area (Å²) in [6, 6.07) is 15.4. The summed E-state index contributed by atoms with van der Waals surface area (Å²) in [5.74, 6) is 0.121. The van der Waals surface area contributed by atoms with Crippen molar-refractivity contribution in [2.24, 2.45) is 0 Å². The molecule has 0 atom stereocenters. The highest BCUT2D eigenvalue weighted by Crippen LogP contribution is 2.21. The predicted octanol–water partition coefficient (Wildman–Crippen LogP) is 3.72. The van der Waals surface area contributed by atoms with E-state index < -0.39 is 0 Å². The second-order valence-electron chi connectivity index (χ2n) is 6.41. The zero-order valence-electron chi connectivity index (χ0n) is 15.6. The molecule has 7 nitrogen and oxygen atoms in total. The zero-order valence-corrected chi connectivity index (χ0v) is 15.6. The van der Waals surface area contributed by atoms with E-state index in [-0.39, 0.29) is 11.7 Å². The van der Waals surface area contributed by atoms with Crippen LogP contribution in [0.1, 0.15) is 16.1 Å². The van der Waals surface area contributed by atoms with Gasteiger partial charge in [-0.3, -0.25) is 14.6 Å². The third kappa shape index (κ3) is 4.32. The van der Waals surface area contributed by atoms with Crippen LogP contribution in [0.4, 0.5) is 10.1 Å². The molecule has 2 N–H and O–H groups in total. The number of hydrogen-bond acceptors (Lipinski definition) is 4. The molecule has 0 radical (unpaired) electrons. The molecule has 0 aliphatic heterocycles. The molecule has 29 heavy (non-hydrogen) atoms. The maximum absolute atomic E-state index is 13.3. The van der Waals surface area contributed by atoms with Gasteiger partial charge in [-0.05, 0) is 48.0 Å². The Labute approximate surface area is 166 Å². The molecular formula is C21H18FN5O2. The highest BCUT2D eigenvalue weighted by atomic mass is 19.1. The fourth-order valence-corrected chi connectivity index (χ4v) is 2.88. The van der Waals surface area contributed by atoms with E-state index in [0.29, 0.717) is 23.6 Å². The molecular weight excluding hydrogens is 373 g/mol. The lowest BCUT2D eigenvalue weighted by atomic mass is 10.1. The fraction of sp³-hybridized carbons (Fsp3) is 0.0952. The lowest BCUT2D eigenvalue weighted by Gasteiger charge is -2.02. The van der Waals surface area contributed by atoms with Gasteiger partial charge in [-0.1, -0.05) is 12.1 Å². The van der Waals surface area contributed by atoms with Crippen LogP contribution in [0, 0.1) is 5.82 Å². The topological polar surface area (TPSA) is 84.8 Å². The van der Waals surface area contributed by atoms with Crippen LogP contribution in [0.3, 0.4) is 0 Å². The third-order valence-corrected chi connectivity index (χ3v) is 4.33. The highest BCUT2D eigenvalue weighted by Gasteiger charge is 2.12. The van der Waals surface area contributed by atoms with E-state index in [9.17, 15) is 9.18 Å². The number of carbonyl (C=O) groups is 1. The van der Waals surface area contributed by atoms with Crippen molar-refractivity contribution in [2.75, 3.05) is 12.4 Å². The number of methoxy groups -OCH3 is 1. The second-order valence-corrected chi connectivity index (χ2v) is 6.41. The summed E-state index contributed by atoms with van der Waals surface area (Å²) in [4.78, 5) is 12.5. The average molecular weight is 391 g/mol. The van der Waals surface area contributed by atoms with Crippen molar-refractivity contribution >= 4 is 11.6 Å². The molecule has 0 saturated heterocycles. The van der Waals surface area contributed by atoms with Gasteiger partial charge in [0.05, 0.1) is 31.2 Å². The maximum Gasteiger partial charge on any atom is 0.273 e. The maximum atomic E-state index is 13.3. The van der Waals surface area contributed by atoms with Gasteiger partial charge in [-0.25, -0.2) is 4.39 Å². The number of aromatic nitrogens is 4. The summed E-state index contributed by atoms with van der Waals surface area (Å²) in [6.45, 7) is 0.402. The van der Waals surface area contributed by atoms with Gasteiger partial charge in [-0.15, -0.1) is 0 Å². The number of amides is 1. The Hall–Kier alpha value is -3.94. The van der Waals surface area contributed by atoms with Crippen molar-refractivity contribution in [3.8, 4) is 17.0 Å². The van der Waals surface area contributed by atoms with E-state index in [1.807, 2.05) is 30.3 Å². The summed E-state index contributed by atoms with van der Waals surface area (Å²) in [6.07, 6.45) is 3.22. The molecule has 2 aromatic heterocycles. The van der Waals surface area contributed by atoms with E-state index in [2.05, 4.69) is 20.6 Å². The summed E-state index contributed by atoms with van der Waals surface area (Å²) in [5, 5.41) is 13.9. The van der Waals surface area contributed by atoms with E-state index >= 15 is 0 Å². The van der Waals surface area contributed by atoms with Crippen molar-refractivity contribution in [1.82, 2.24) is 20.0 Å². The lowest BCUT2D eigenvalue weighted by Crippen LogP contribution is -2.11. The molecule has 4 rings (SSSR count). The van der Waals surface area contributed by atoms with Gasteiger partial charge in [0.2, 0.25) is 0 Å². The molecule has 0 aliphatic rings. The molecule has 2 heterocycles. The minimum absolute atomic E-state index is 0.296. The number of halogens is 1. The number of anilines is 1. The van der Waals surface area contributed by atoms with E-state index in [0.717, 1.165) is 16.9 Å². The number of nitrogens with zero attached hydrogens (tertiary/aromatic N) is 3. The molecule has 0 aliphatic carbocycles. The lowest BCUT2D eigenvalue weighted by molar-refractivity contribution is 0.102. The van der Waals surface area contributed by atoms with E-state index in [1.165, 1.54) is 18.3 Å². The minimum atomic E-state index is -0.331. The number of ether oxygens (including phenoxy) is 1. The van der Waals surface area contributed by atoms with Crippen LogP contribution in [-0.2, 0) is 6.54 Å². The largest absolute Gasteiger partial charge is 0.497 e. The number of benzene rings is 2. The van der Waals surface area contributed by atoms with Crippen molar-refractivity contribution in [3.05, 3.63) is 84.1 Å². The monoisotopic (exact) mass is 391 g/mol. The Morgan fingerprint density at radius 2 is 2.03 bits per heavy atom. The van der Waals surface area contributed by atoms with Gasteiger partial charge in [0.15, 0.2) is 0 Å². The quantitative estimate of drug-likeness (QED) is 0.525. The van der Waals surface area contributed by atoms with Crippen LogP contribution in [-0.4, -0.2) is 33.0 Å². The minimum Gasteiger partial charge on any atom is -0.497 e. The third-order valence-electron chi connectivity index (χ3n) is 4.33. The first-order chi connectivity index (χ1) is 14.1. The van der Waals surface area contributed by atoms with Crippen LogP contribution < -0.4 is 10.1 Å². The zero-order chi connectivity index (χ0) is 20.2. The SMILES string of the molecule is COc1ccc(-c2cc(C(=O)Nc3cnn(Cc4cccc(F)c4)c3)[nH]n2)cc1. The van der Waals surface area contributed by atoms with Crippen molar-refractivity contribution in [2.45, 2.75) is 6.54 Å². The molecule has 1 amide bonds. The number of rotatable bonds is 6. The van der Waals surface area contributed by atoms with Crippen molar-refractivity contribution < 1.29 is 13.9 Å². The molecule has 0 bridgehead atoms. The normalized spacial score (nSPS) is 10.7. The summed E-state index contributed by atoms with van der Waals surface area (Å²) in [7, 11) is 1.60. The molecule has 0 unspecified atom stereocenters. The first kappa shape index (κ1) is 18.4. The van der Waals surface area contributed by atoms with Crippen LogP contribution >= 0.6 is 0 Å². The molecule has 146 valence electrons. The highest BCUT2D eigenvalue weighted by molar-refractivity contribution is 6.03. The Balaban J connectivity index is 1.42. The van der Waals surface area contributed by atoms with Gasteiger partial charge in [0.1, 0.15) is 17.3 Å². The molecule has 0 saturated carbocycles. The number of H-pyrrole nitrogens is 1. The fourth-order valence-electron chi connectivity index (χ4n) is 2.88. The first-order valence-electron chi connectivity index (χ1n) is 8.89. The molecule has 4 aromatic rings. The van der Waals surface area contributed by atoms with Crippen LogP contribution in [0.5, 0.6) is 5.75 Å². The summed E-state index contributed by atoms with van der Waals surface area (Å²) in [5.41, 5.74) is 3.16. The predicted molar refractivity (Wildman–Crippen MR) is 106 cm³/mol. The van der Waals surface area contributed by atoms with Crippen LogP contribution in [0.15, 0.2) is 67.0 Å². The van der Waals surface area contributed by atoms with Gasteiger partial charge >= 0.3 is 0 Å². The summed E-state index contributed by atoms with van der Waals surface area (Å²) < 4.78 is 20.1. The average Bonchev–Trinajstić information content (AvgIpc) is 3.38. The number of hydrogen-bond donors (Lipinski definition) is 2. The standard InChI is InChI=1S/C21H18FN5O2/c1-29-18-7-5-15(6-8-18)19-10-20(26-25-19)21(28)24-17-11-23-27(13-17)12-14-3-2-4-16(22)9-14/h2-11,13H,12H2,1H3,(H,24,28)(H,25,26). The Morgan fingerprint density at radius 1 is 1.21 bits per heavy atom. The Morgan fingerprint density at radius 3 is 2.79 bits per heavy atom. The Bertz CT molecular complexity index is 1130. The van der Waals surface area contributed by atoms with Crippen LogP contribution in [0.25, 0.3) is 11.3 Å².